The molecule has 4 heteroatoms. The molecule has 1 fully saturated rings. The molecule has 1 aromatic heterocycles. The summed E-state index contributed by atoms with van der Waals surface area (Å²) in [5.74, 6) is 0.138. The quantitative estimate of drug-likeness (QED) is 0.890. The van der Waals surface area contributed by atoms with Crippen molar-refractivity contribution in [3.8, 4) is 0 Å². The van der Waals surface area contributed by atoms with Crippen LogP contribution in [0.4, 0.5) is 0 Å². The summed E-state index contributed by atoms with van der Waals surface area (Å²) in [7, 11) is 0. The molecule has 20 heavy (non-hydrogen) atoms. The Morgan fingerprint density at radius 2 is 2.20 bits per heavy atom. The maximum absolute atomic E-state index is 11.0. The van der Waals surface area contributed by atoms with Crippen LogP contribution in [-0.4, -0.2) is 16.1 Å². The molecule has 1 atom stereocenters. The van der Waals surface area contributed by atoms with Crippen LogP contribution in [0.3, 0.4) is 0 Å². The van der Waals surface area contributed by atoms with E-state index in [1.807, 2.05) is 0 Å². The second-order valence-electron chi connectivity index (χ2n) is 6.33. The summed E-state index contributed by atoms with van der Waals surface area (Å²) in [5, 5.41) is 9.02. The van der Waals surface area contributed by atoms with Crippen LogP contribution >= 0.6 is 0 Å². The fraction of sp³-hybridized carbons (Fsp3) is 0.500. The van der Waals surface area contributed by atoms with E-state index in [2.05, 4.69) is 18.8 Å². The highest BCUT2D eigenvalue weighted by Crippen LogP contribution is 2.46. The summed E-state index contributed by atoms with van der Waals surface area (Å²) in [5.41, 5.74) is 1.75. The third-order valence-electron chi connectivity index (χ3n) is 4.46. The highest BCUT2D eigenvalue weighted by molar-refractivity contribution is 5.91. The molecular formula is C16H19NO3. The minimum absolute atomic E-state index is 0.189. The monoisotopic (exact) mass is 273 g/mol. The molecule has 1 aliphatic carbocycles. The summed E-state index contributed by atoms with van der Waals surface area (Å²) in [6.07, 6.45) is 4.72. The summed E-state index contributed by atoms with van der Waals surface area (Å²) in [6.45, 7) is 4.52. The Hall–Kier alpha value is -1.84. The summed E-state index contributed by atoms with van der Waals surface area (Å²) < 4.78 is 5.87. The molecule has 0 bridgehead atoms. The standard InChI is InChI=1S/C16H19NO3/c1-16(2)8-4-3-5-11(16)14-17-12-9-10(15(18)19)6-7-13(12)20-14/h6-7,9,11H,3-5,8H2,1-2H3,(H,18,19). The van der Waals surface area contributed by atoms with Gasteiger partial charge in [0.05, 0.1) is 5.56 Å². The summed E-state index contributed by atoms with van der Waals surface area (Å²) >= 11 is 0. The summed E-state index contributed by atoms with van der Waals surface area (Å²) in [4.78, 5) is 15.5. The Morgan fingerprint density at radius 3 is 2.90 bits per heavy atom. The molecule has 1 heterocycles. The third-order valence-corrected chi connectivity index (χ3v) is 4.46. The number of carboxylic acids is 1. The lowest BCUT2D eigenvalue weighted by atomic mass is 9.69. The maximum atomic E-state index is 11.0. The largest absolute Gasteiger partial charge is 0.478 e. The van der Waals surface area contributed by atoms with E-state index in [-0.39, 0.29) is 11.0 Å². The van der Waals surface area contributed by atoms with Crippen LogP contribution in [0.15, 0.2) is 22.6 Å². The van der Waals surface area contributed by atoms with Crippen LogP contribution in [-0.2, 0) is 0 Å². The highest BCUT2D eigenvalue weighted by Gasteiger charge is 2.36. The van der Waals surface area contributed by atoms with E-state index < -0.39 is 5.97 Å². The Kier molecular flexibility index (Phi) is 3.04. The van der Waals surface area contributed by atoms with Gasteiger partial charge in [0.2, 0.25) is 0 Å². The first kappa shape index (κ1) is 13.2. The zero-order chi connectivity index (χ0) is 14.3. The van der Waals surface area contributed by atoms with Crippen molar-refractivity contribution in [2.45, 2.75) is 45.4 Å². The van der Waals surface area contributed by atoms with Crippen LogP contribution < -0.4 is 0 Å². The number of aromatic carboxylic acids is 1. The molecule has 1 aliphatic rings. The van der Waals surface area contributed by atoms with Gasteiger partial charge in [-0.1, -0.05) is 26.7 Å². The van der Waals surface area contributed by atoms with Crippen LogP contribution in [0.5, 0.6) is 0 Å². The molecule has 2 aromatic rings. The smallest absolute Gasteiger partial charge is 0.335 e. The lowest BCUT2D eigenvalue weighted by Gasteiger charge is -2.36. The van der Waals surface area contributed by atoms with Crippen molar-refractivity contribution in [3.05, 3.63) is 29.7 Å². The molecule has 1 saturated carbocycles. The van der Waals surface area contributed by atoms with Gasteiger partial charge in [0.15, 0.2) is 11.5 Å². The van der Waals surface area contributed by atoms with E-state index in [0.717, 1.165) is 12.3 Å². The Balaban J connectivity index is 2.02. The topological polar surface area (TPSA) is 63.3 Å². The first-order chi connectivity index (χ1) is 9.47. The van der Waals surface area contributed by atoms with Crippen LogP contribution in [0.2, 0.25) is 0 Å². The van der Waals surface area contributed by atoms with Gasteiger partial charge < -0.3 is 9.52 Å². The first-order valence-corrected chi connectivity index (χ1v) is 7.11. The Labute approximate surface area is 117 Å². The molecule has 0 spiro atoms. The average molecular weight is 273 g/mol. The van der Waals surface area contributed by atoms with Gasteiger partial charge in [-0.25, -0.2) is 9.78 Å². The van der Waals surface area contributed by atoms with Gasteiger partial charge in [0, 0.05) is 5.92 Å². The van der Waals surface area contributed by atoms with E-state index >= 15 is 0 Å². The van der Waals surface area contributed by atoms with Crippen molar-refractivity contribution in [1.29, 1.82) is 0 Å². The van der Waals surface area contributed by atoms with E-state index in [4.69, 9.17) is 9.52 Å². The molecule has 1 aromatic carbocycles. The lowest BCUT2D eigenvalue weighted by molar-refractivity contribution is 0.0697. The number of carbonyl (C=O) groups is 1. The van der Waals surface area contributed by atoms with Crippen molar-refractivity contribution < 1.29 is 14.3 Å². The Bertz CT molecular complexity index is 657. The van der Waals surface area contributed by atoms with Gasteiger partial charge >= 0.3 is 5.97 Å². The fourth-order valence-corrected chi connectivity index (χ4v) is 3.18. The number of benzene rings is 1. The summed E-state index contributed by atoms with van der Waals surface area (Å²) in [6, 6.07) is 4.84. The second kappa shape index (κ2) is 4.62. The van der Waals surface area contributed by atoms with Crippen LogP contribution in [0.1, 0.15) is 61.7 Å². The molecule has 0 radical (unpaired) electrons. The highest BCUT2D eigenvalue weighted by atomic mass is 16.4. The molecular weight excluding hydrogens is 254 g/mol. The molecule has 0 saturated heterocycles. The minimum atomic E-state index is -0.936. The molecule has 4 nitrogen and oxygen atoms in total. The van der Waals surface area contributed by atoms with E-state index in [1.165, 1.54) is 19.3 Å². The predicted octanol–water partition coefficient (Wildman–Crippen LogP) is 4.21. The van der Waals surface area contributed by atoms with Gasteiger partial charge in [-0.15, -0.1) is 0 Å². The molecule has 1 unspecified atom stereocenters. The van der Waals surface area contributed by atoms with Gasteiger partial charge in [-0.2, -0.15) is 0 Å². The van der Waals surface area contributed by atoms with E-state index in [0.29, 0.717) is 17.0 Å². The van der Waals surface area contributed by atoms with Gasteiger partial charge in [0.25, 0.3) is 0 Å². The Morgan fingerprint density at radius 1 is 1.40 bits per heavy atom. The number of rotatable bonds is 2. The zero-order valence-corrected chi connectivity index (χ0v) is 11.8. The predicted molar refractivity (Wildman–Crippen MR) is 76.0 cm³/mol. The minimum Gasteiger partial charge on any atom is -0.478 e. The number of nitrogens with zero attached hydrogens (tertiary/aromatic N) is 1. The second-order valence-corrected chi connectivity index (χ2v) is 6.33. The first-order valence-electron chi connectivity index (χ1n) is 7.11. The number of carboxylic acid groups (broad SMARTS) is 1. The number of oxazole rings is 1. The van der Waals surface area contributed by atoms with Crippen LogP contribution in [0.25, 0.3) is 11.1 Å². The van der Waals surface area contributed by atoms with Gasteiger partial charge in [-0.3, -0.25) is 0 Å². The molecule has 0 aliphatic heterocycles. The van der Waals surface area contributed by atoms with Gasteiger partial charge in [0.1, 0.15) is 5.52 Å². The molecule has 1 N–H and O–H groups in total. The van der Waals surface area contributed by atoms with Crippen molar-refractivity contribution in [2.24, 2.45) is 5.41 Å². The third kappa shape index (κ3) is 2.19. The fourth-order valence-electron chi connectivity index (χ4n) is 3.18. The van der Waals surface area contributed by atoms with Crippen molar-refractivity contribution in [1.82, 2.24) is 4.98 Å². The van der Waals surface area contributed by atoms with Gasteiger partial charge in [-0.05, 0) is 36.5 Å². The maximum Gasteiger partial charge on any atom is 0.335 e. The van der Waals surface area contributed by atoms with Crippen molar-refractivity contribution in [2.75, 3.05) is 0 Å². The number of aromatic nitrogens is 1. The van der Waals surface area contributed by atoms with E-state index in [1.54, 1.807) is 18.2 Å². The zero-order valence-electron chi connectivity index (χ0n) is 11.8. The number of fused-ring (bicyclic) bond motifs is 1. The molecule has 3 rings (SSSR count). The average Bonchev–Trinajstić information content (AvgIpc) is 2.80. The van der Waals surface area contributed by atoms with Crippen molar-refractivity contribution >= 4 is 17.1 Å². The van der Waals surface area contributed by atoms with E-state index in [9.17, 15) is 4.79 Å². The van der Waals surface area contributed by atoms with Crippen LogP contribution in [0, 0.1) is 5.41 Å². The van der Waals surface area contributed by atoms with Crippen molar-refractivity contribution in [3.63, 3.8) is 0 Å². The normalized spacial score (nSPS) is 22.0. The molecule has 106 valence electrons. The number of hydrogen-bond donors (Lipinski definition) is 1. The lowest BCUT2D eigenvalue weighted by Crippen LogP contribution is -2.26. The number of hydrogen-bond acceptors (Lipinski definition) is 3. The molecule has 0 amide bonds. The SMILES string of the molecule is CC1(C)CCCCC1c1nc2cc(C(=O)O)ccc2o1.